The summed E-state index contributed by atoms with van der Waals surface area (Å²) >= 11 is 0. The van der Waals surface area contributed by atoms with E-state index in [1.54, 1.807) is 35.0 Å². The van der Waals surface area contributed by atoms with E-state index in [2.05, 4.69) is 5.92 Å². The molecule has 0 aromatic heterocycles. The number of ether oxygens (including phenoxy) is 5. The minimum absolute atomic E-state index is 0.0307. The third-order valence-electron chi connectivity index (χ3n) is 15.0. The summed E-state index contributed by atoms with van der Waals surface area (Å²) in [5.74, 6) is -5.95. The van der Waals surface area contributed by atoms with Gasteiger partial charge in [0.05, 0.1) is 24.4 Å². The number of ketones is 3. The van der Waals surface area contributed by atoms with Crippen LogP contribution in [0.5, 0.6) is 0 Å². The van der Waals surface area contributed by atoms with Crippen molar-refractivity contribution in [2.24, 2.45) is 35.3 Å². The van der Waals surface area contributed by atoms with Crippen LogP contribution in [-0.2, 0) is 47.7 Å². The van der Waals surface area contributed by atoms with Gasteiger partial charge in [0.25, 0.3) is 11.7 Å². The largest absolute Gasteiger partial charge is 0.459 e. The molecule has 0 spiro atoms. The van der Waals surface area contributed by atoms with E-state index in [9.17, 15) is 39.3 Å². The first-order chi connectivity index (χ1) is 33.2. The summed E-state index contributed by atoms with van der Waals surface area (Å²) in [6, 6.07) is -2.04. The normalized spacial score (nSPS) is 38.2. The highest BCUT2D eigenvalue weighted by Crippen LogP contribution is 2.37. The average Bonchev–Trinajstić information content (AvgIpc) is 3.34. The van der Waals surface area contributed by atoms with Crippen LogP contribution in [0.2, 0.25) is 0 Å². The summed E-state index contributed by atoms with van der Waals surface area (Å²) in [4.78, 5) is 71.6. The molecule has 3 aliphatic heterocycles. The Hall–Kier alpha value is -3.85. The fraction of sp³-hybridized carbons (Fsp3) is 0.727. The number of Topliss-reactive ketones (excluding diaryl/α,β-unsaturated/α-hetero) is 3. The van der Waals surface area contributed by atoms with E-state index in [1.807, 2.05) is 44.2 Å². The van der Waals surface area contributed by atoms with Gasteiger partial charge in [-0.3, -0.25) is 19.2 Å². The van der Waals surface area contributed by atoms with Gasteiger partial charge < -0.3 is 49.6 Å². The van der Waals surface area contributed by atoms with Crippen LogP contribution >= 0.6 is 0 Å². The van der Waals surface area contributed by atoms with Gasteiger partial charge in [0.15, 0.2) is 5.78 Å². The zero-order chi connectivity index (χ0) is 51.7. The number of fused-ring (bicyclic) bond motifs is 3. The number of aliphatic hydroxyl groups is 3. The van der Waals surface area contributed by atoms with Crippen molar-refractivity contribution in [1.82, 2.24) is 4.90 Å². The molecule has 1 saturated carbocycles. The van der Waals surface area contributed by atoms with E-state index in [-0.39, 0.29) is 54.8 Å². The van der Waals surface area contributed by atoms with E-state index in [0.717, 1.165) is 29.7 Å². The Bertz CT molecular complexity index is 1920. The van der Waals surface area contributed by atoms with Crippen LogP contribution in [0.1, 0.15) is 138 Å². The number of hydrogen-bond donors (Lipinski definition) is 4. The van der Waals surface area contributed by atoms with Crippen molar-refractivity contribution >= 4 is 29.2 Å². The summed E-state index contributed by atoms with van der Waals surface area (Å²) in [5, 5.41) is 34.2. The summed E-state index contributed by atoms with van der Waals surface area (Å²) < 4.78 is 30.2. The van der Waals surface area contributed by atoms with Gasteiger partial charge in [-0.25, -0.2) is 4.79 Å². The third kappa shape index (κ3) is 16.3. The van der Waals surface area contributed by atoms with Gasteiger partial charge in [-0.2, -0.15) is 0 Å². The average molecular weight is 981 g/mol. The van der Waals surface area contributed by atoms with Crippen LogP contribution in [0.4, 0.5) is 0 Å². The molecule has 0 unspecified atom stereocenters. The Morgan fingerprint density at radius 2 is 1.63 bits per heavy atom. The predicted molar refractivity (Wildman–Crippen MR) is 266 cm³/mol. The maximum atomic E-state index is 14.4. The number of aliphatic hydroxyl groups excluding tert-OH is 2. The van der Waals surface area contributed by atoms with Gasteiger partial charge in [-0.1, -0.05) is 64.2 Å². The number of esters is 1. The molecular formula is C55H84N2O13. The Kier molecular flexibility index (Phi) is 23.8. The van der Waals surface area contributed by atoms with Gasteiger partial charge >= 0.3 is 5.97 Å². The Balaban J connectivity index is 1.66. The first kappa shape index (κ1) is 58.7. The molecular weight excluding hydrogens is 897 g/mol. The molecule has 1 amide bonds. The number of amides is 1. The molecule has 5 N–H and O–H groups in total. The molecule has 3 fully saturated rings. The summed E-state index contributed by atoms with van der Waals surface area (Å²) in [7, 11) is 3.20. The Morgan fingerprint density at radius 1 is 0.886 bits per heavy atom. The van der Waals surface area contributed by atoms with Crippen molar-refractivity contribution in [3.8, 4) is 12.3 Å². The number of cyclic esters (lactones) is 1. The van der Waals surface area contributed by atoms with Gasteiger partial charge in [0.2, 0.25) is 5.79 Å². The highest BCUT2D eigenvalue weighted by Gasteiger charge is 2.53. The lowest BCUT2D eigenvalue weighted by atomic mass is 9.80. The molecule has 0 radical (unpaired) electrons. The molecule has 15 nitrogen and oxygen atoms in total. The lowest BCUT2D eigenvalue weighted by Crippen LogP contribution is -2.61. The van der Waals surface area contributed by atoms with Gasteiger partial charge in [0.1, 0.15) is 30.1 Å². The van der Waals surface area contributed by atoms with Crippen molar-refractivity contribution in [3.63, 3.8) is 0 Å². The maximum absolute atomic E-state index is 14.4. The van der Waals surface area contributed by atoms with Crippen LogP contribution in [0.3, 0.4) is 0 Å². The molecule has 15 atom stereocenters. The summed E-state index contributed by atoms with van der Waals surface area (Å²) in [5.41, 5.74) is 8.02. The van der Waals surface area contributed by atoms with E-state index in [4.69, 9.17) is 35.8 Å². The number of carbonyl (C=O) groups excluding carboxylic acids is 5. The third-order valence-corrected chi connectivity index (χ3v) is 15.0. The second-order valence-electron chi connectivity index (χ2n) is 20.6. The maximum Gasteiger partial charge on any atom is 0.329 e. The fourth-order valence-corrected chi connectivity index (χ4v) is 10.4. The number of nitrogens with two attached hydrogens (primary N) is 1. The quantitative estimate of drug-likeness (QED) is 0.0645. The summed E-state index contributed by atoms with van der Waals surface area (Å²) in [6.45, 7) is 11.0. The molecule has 0 aromatic rings. The van der Waals surface area contributed by atoms with Crippen molar-refractivity contribution in [1.29, 1.82) is 0 Å². The van der Waals surface area contributed by atoms with Gasteiger partial charge in [-0.05, 0) is 114 Å². The number of terminal acetylenes is 1. The van der Waals surface area contributed by atoms with Crippen LogP contribution in [0.25, 0.3) is 0 Å². The SMILES string of the molecule is C#CCCCCO[C@H]1CC[C@@H](C[C@@H](N)[C@@H]2CC(=O)[C@H](C)/C=C(\C)[C@@H](O)[C@@H](O)C(=O)[C@H](C)C[C@H](C)/C=C/C=C/C=C(\C)[C@@H](OC)C[C@@H]3CC[C@@H](C)[C@@](O)(O3)C(=O)C(=O)N3CCCC[C@H]3C(=O)O2)C[C@H]1OC. The molecule has 3 heterocycles. The molecule has 70 heavy (non-hydrogen) atoms. The number of nitrogens with zero attached hydrogens (tertiary/aromatic N) is 1. The molecule has 4 aliphatic rings. The van der Waals surface area contributed by atoms with Gasteiger partial charge in [-0.15, -0.1) is 12.3 Å². The number of carbonyl (C=O) groups is 5. The first-order valence-corrected chi connectivity index (χ1v) is 25.7. The fourth-order valence-electron chi connectivity index (χ4n) is 10.4. The highest BCUT2D eigenvalue weighted by atomic mass is 16.6. The lowest BCUT2D eigenvalue weighted by molar-refractivity contribution is -0.265. The van der Waals surface area contributed by atoms with Gasteiger partial charge in [0, 0.05) is 70.4 Å². The van der Waals surface area contributed by atoms with E-state index in [1.165, 1.54) is 13.0 Å². The van der Waals surface area contributed by atoms with E-state index in [0.29, 0.717) is 70.8 Å². The van der Waals surface area contributed by atoms with Crippen molar-refractivity contribution < 1.29 is 63.0 Å². The Labute approximate surface area is 417 Å². The zero-order valence-electron chi connectivity index (χ0n) is 43.1. The van der Waals surface area contributed by atoms with Crippen molar-refractivity contribution in [3.05, 3.63) is 47.6 Å². The van der Waals surface area contributed by atoms with Crippen molar-refractivity contribution in [2.45, 2.75) is 198 Å². The predicted octanol–water partition coefficient (Wildman–Crippen LogP) is 6.05. The molecule has 1 aliphatic carbocycles. The Morgan fingerprint density at radius 3 is 2.33 bits per heavy atom. The zero-order valence-corrected chi connectivity index (χ0v) is 43.1. The van der Waals surface area contributed by atoms with E-state index >= 15 is 0 Å². The number of methoxy groups -OCH3 is 2. The summed E-state index contributed by atoms with van der Waals surface area (Å²) in [6.07, 6.45) is 17.8. The van der Waals surface area contributed by atoms with Crippen LogP contribution in [-0.4, -0.2) is 137 Å². The molecule has 15 heteroatoms. The number of rotatable bonds is 10. The van der Waals surface area contributed by atoms with Crippen LogP contribution < -0.4 is 5.73 Å². The second kappa shape index (κ2) is 28.4. The van der Waals surface area contributed by atoms with Crippen LogP contribution in [0.15, 0.2) is 47.6 Å². The number of allylic oxidation sites excluding steroid dienone is 6. The highest BCUT2D eigenvalue weighted by molar-refractivity contribution is 6.39. The monoisotopic (exact) mass is 981 g/mol. The molecule has 2 saturated heterocycles. The number of hydrogen-bond acceptors (Lipinski definition) is 14. The van der Waals surface area contributed by atoms with Crippen molar-refractivity contribution in [2.75, 3.05) is 27.4 Å². The number of piperidine rings is 1. The second-order valence-corrected chi connectivity index (χ2v) is 20.6. The lowest BCUT2D eigenvalue weighted by Gasteiger charge is -2.42. The first-order valence-electron chi connectivity index (χ1n) is 25.7. The molecule has 4 rings (SSSR count). The minimum Gasteiger partial charge on any atom is -0.459 e. The smallest absolute Gasteiger partial charge is 0.329 e. The standard InChI is InChI=1S/C55H84N2O13/c1-10-11-12-18-27-68-45-25-23-40(31-48(45)67-9)30-42(56)47-33-44(58)36(4)29-38(6)50(60)51(61)49(59)37(5)28-34(2)19-14-13-15-20-35(3)46(66-8)32-41-24-22-39(7)55(65,70-41)52(62)53(63)57-26-17-16-21-43(57)54(64)69-47/h1,13-15,19-20,29,34,36-37,39-43,45-48,50-51,60-61,65H,11-12,16-18,21-28,30-33,56H2,2-9H3/b15-13+,19-14+,35-20+,38-29+/t34-,36-,37-,39-,40+,41+,42-,43+,45+,46+,47+,48-,50-,51+,55-/m1/s1. The molecule has 0 aromatic carbocycles. The number of unbranched alkanes of at least 4 members (excludes halogenated alkanes) is 2. The van der Waals surface area contributed by atoms with Crippen LogP contribution in [0, 0.1) is 41.9 Å². The molecule has 392 valence electrons. The topological polar surface area (TPSA) is 221 Å². The molecule has 2 bridgehead atoms. The minimum atomic E-state index is -2.46. The van der Waals surface area contributed by atoms with E-state index < -0.39 is 89.6 Å².